The van der Waals surface area contributed by atoms with Gasteiger partial charge in [-0.3, -0.25) is 10.1 Å². The zero-order chi connectivity index (χ0) is 15.4. The molecule has 7 heteroatoms. The first-order valence-corrected chi connectivity index (χ1v) is 7.42. The van der Waals surface area contributed by atoms with Crippen LogP contribution in [0.5, 0.6) is 0 Å². The van der Waals surface area contributed by atoms with Crippen LogP contribution < -0.4 is 0 Å². The Kier molecular flexibility index (Phi) is 5.08. The van der Waals surface area contributed by atoms with Gasteiger partial charge in [-0.25, -0.2) is 4.79 Å². The van der Waals surface area contributed by atoms with E-state index in [2.05, 4.69) is 31.9 Å². The number of benzene rings is 2. The molecular formula is C14H9Br2NO4. The first-order chi connectivity index (χ1) is 9.99. The number of nitrogens with zero attached hydrogens (tertiary/aromatic N) is 1. The molecule has 0 bridgehead atoms. The van der Waals surface area contributed by atoms with Crippen LogP contribution in [0.4, 0.5) is 5.69 Å². The number of carbonyl (C=O) groups is 1. The minimum absolute atomic E-state index is 0.0907. The Morgan fingerprint density at radius 2 is 1.90 bits per heavy atom. The summed E-state index contributed by atoms with van der Waals surface area (Å²) in [4.78, 5) is 22.3. The Hall–Kier alpha value is -1.73. The number of nitro groups is 1. The van der Waals surface area contributed by atoms with Gasteiger partial charge in [0.2, 0.25) is 0 Å². The lowest BCUT2D eigenvalue weighted by atomic mass is 10.2. The number of carbonyl (C=O) groups excluding carboxylic acids is 1. The zero-order valence-electron chi connectivity index (χ0n) is 10.6. The van der Waals surface area contributed by atoms with E-state index < -0.39 is 10.9 Å². The largest absolute Gasteiger partial charge is 0.457 e. The summed E-state index contributed by atoms with van der Waals surface area (Å²) in [6.07, 6.45) is 0. The lowest BCUT2D eigenvalue weighted by Crippen LogP contribution is -2.07. The van der Waals surface area contributed by atoms with E-state index in [4.69, 9.17) is 4.74 Å². The minimum atomic E-state index is -0.620. The zero-order valence-corrected chi connectivity index (χ0v) is 13.8. The normalized spacial score (nSPS) is 10.2. The van der Waals surface area contributed by atoms with Gasteiger partial charge in [-0.1, -0.05) is 34.1 Å². The van der Waals surface area contributed by atoms with Crippen LogP contribution in [0.2, 0.25) is 0 Å². The molecule has 0 spiro atoms. The number of hydrogen-bond donors (Lipinski definition) is 0. The van der Waals surface area contributed by atoms with Gasteiger partial charge >= 0.3 is 5.97 Å². The first-order valence-electron chi connectivity index (χ1n) is 5.83. The van der Waals surface area contributed by atoms with Crippen LogP contribution >= 0.6 is 31.9 Å². The van der Waals surface area contributed by atoms with E-state index in [1.807, 2.05) is 24.3 Å². The van der Waals surface area contributed by atoms with E-state index in [0.717, 1.165) is 10.0 Å². The Morgan fingerprint density at radius 1 is 1.19 bits per heavy atom. The number of halogens is 2. The predicted octanol–water partition coefficient (Wildman–Crippen LogP) is 4.48. The topological polar surface area (TPSA) is 69.4 Å². The Morgan fingerprint density at radius 3 is 2.57 bits per heavy atom. The monoisotopic (exact) mass is 413 g/mol. The van der Waals surface area contributed by atoms with Crippen molar-refractivity contribution in [2.45, 2.75) is 6.61 Å². The minimum Gasteiger partial charge on any atom is -0.457 e. The molecule has 0 aromatic heterocycles. The molecule has 0 saturated heterocycles. The van der Waals surface area contributed by atoms with Crippen LogP contribution in [-0.4, -0.2) is 10.9 Å². The van der Waals surface area contributed by atoms with Crippen LogP contribution in [0, 0.1) is 10.1 Å². The van der Waals surface area contributed by atoms with Crippen molar-refractivity contribution < 1.29 is 14.5 Å². The summed E-state index contributed by atoms with van der Waals surface area (Å²) in [5.74, 6) is -0.620. The second-order valence-corrected chi connectivity index (χ2v) is 5.81. The lowest BCUT2D eigenvalue weighted by Gasteiger charge is -2.07. The van der Waals surface area contributed by atoms with Gasteiger partial charge in [0.05, 0.1) is 10.5 Å². The lowest BCUT2D eigenvalue weighted by molar-refractivity contribution is -0.385. The Bertz CT molecular complexity index is 703. The molecule has 0 unspecified atom stereocenters. The van der Waals surface area contributed by atoms with E-state index >= 15 is 0 Å². The summed E-state index contributed by atoms with van der Waals surface area (Å²) in [6.45, 7) is 0.0907. The number of rotatable bonds is 4. The van der Waals surface area contributed by atoms with Gasteiger partial charge in [0.15, 0.2) is 0 Å². The van der Waals surface area contributed by atoms with Crippen LogP contribution in [-0.2, 0) is 11.3 Å². The standard InChI is InChI=1S/C14H9Br2NO4/c15-10-4-1-3-9(7-10)8-21-14(18)11-5-2-6-12(13(11)16)17(19)20/h1-7H,8H2. The van der Waals surface area contributed by atoms with Crippen molar-refractivity contribution in [1.29, 1.82) is 0 Å². The molecular weight excluding hydrogens is 406 g/mol. The molecule has 21 heavy (non-hydrogen) atoms. The maximum Gasteiger partial charge on any atom is 0.339 e. The van der Waals surface area contributed by atoms with Crippen LogP contribution in [0.3, 0.4) is 0 Å². The fourth-order valence-electron chi connectivity index (χ4n) is 1.67. The maximum absolute atomic E-state index is 12.0. The summed E-state index contributed by atoms with van der Waals surface area (Å²) in [7, 11) is 0. The summed E-state index contributed by atoms with van der Waals surface area (Å²) < 4.78 is 6.17. The summed E-state index contributed by atoms with van der Waals surface area (Å²) >= 11 is 6.40. The summed E-state index contributed by atoms with van der Waals surface area (Å²) in [5, 5.41) is 10.8. The van der Waals surface area contributed by atoms with Crippen LogP contribution in [0.25, 0.3) is 0 Å². The maximum atomic E-state index is 12.0. The van der Waals surface area contributed by atoms with E-state index in [1.54, 1.807) is 0 Å². The third kappa shape index (κ3) is 3.89. The molecule has 0 fully saturated rings. The van der Waals surface area contributed by atoms with E-state index in [1.165, 1.54) is 18.2 Å². The molecule has 0 radical (unpaired) electrons. The molecule has 2 aromatic carbocycles. The number of nitro benzene ring substituents is 1. The van der Waals surface area contributed by atoms with Gasteiger partial charge in [-0.15, -0.1) is 0 Å². The summed E-state index contributed by atoms with van der Waals surface area (Å²) in [5.41, 5.74) is 0.769. The second kappa shape index (κ2) is 6.82. The SMILES string of the molecule is O=C(OCc1cccc(Br)c1)c1cccc([N+](=O)[O-])c1Br. The van der Waals surface area contributed by atoms with Gasteiger partial charge in [0.1, 0.15) is 11.1 Å². The van der Waals surface area contributed by atoms with Gasteiger partial charge in [-0.05, 0) is 39.7 Å². The highest BCUT2D eigenvalue weighted by Gasteiger charge is 2.20. The Balaban J connectivity index is 2.14. The smallest absolute Gasteiger partial charge is 0.339 e. The van der Waals surface area contributed by atoms with Crippen LogP contribution in [0.1, 0.15) is 15.9 Å². The van der Waals surface area contributed by atoms with E-state index in [-0.39, 0.29) is 22.3 Å². The molecule has 0 aliphatic carbocycles. The molecule has 5 nitrogen and oxygen atoms in total. The van der Waals surface area contributed by atoms with Crippen molar-refractivity contribution in [1.82, 2.24) is 0 Å². The fraction of sp³-hybridized carbons (Fsp3) is 0.0714. The second-order valence-electron chi connectivity index (χ2n) is 4.10. The number of hydrogen-bond acceptors (Lipinski definition) is 4. The van der Waals surface area contributed by atoms with Crippen molar-refractivity contribution in [3.8, 4) is 0 Å². The molecule has 0 heterocycles. The fourth-order valence-corrected chi connectivity index (χ4v) is 2.69. The van der Waals surface area contributed by atoms with Crippen molar-refractivity contribution >= 4 is 43.5 Å². The highest BCUT2D eigenvalue weighted by molar-refractivity contribution is 9.11. The van der Waals surface area contributed by atoms with Crippen molar-refractivity contribution in [3.05, 3.63) is 72.7 Å². The molecule has 108 valence electrons. The molecule has 2 aromatic rings. The Labute approximate surface area is 137 Å². The average molecular weight is 415 g/mol. The third-order valence-electron chi connectivity index (χ3n) is 2.65. The highest BCUT2D eigenvalue weighted by atomic mass is 79.9. The third-order valence-corrected chi connectivity index (χ3v) is 3.98. The summed E-state index contributed by atoms with van der Waals surface area (Å²) in [6, 6.07) is 11.6. The number of ether oxygens (including phenoxy) is 1. The van der Waals surface area contributed by atoms with Crippen molar-refractivity contribution in [3.63, 3.8) is 0 Å². The molecule has 2 rings (SSSR count). The number of esters is 1. The molecule has 0 atom stereocenters. The van der Waals surface area contributed by atoms with E-state index in [0.29, 0.717) is 0 Å². The molecule has 0 N–H and O–H groups in total. The molecule has 0 saturated carbocycles. The van der Waals surface area contributed by atoms with Crippen molar-refractivity contribution in [2.24, 2.45) is 0 Å². The van der Waals surface area contributed by atoms with Gasteiger partial charge in [-0.2, -0.15) is 0 Å². The van der Waals surface area contributed by atoms with Gasteiger partial charge < -0.3 is 4.74 Å². The quantitative estimate of drug-likeness (QED) is 0.420. The molecule has 0 amide bonds. The molecule has 0 aliphatic rings. The van der Waals surface area contributed by atoms with Crippen molar-refractivity contribution in [2.75, 3.05) is 0 Å². The van der Waals surface area contributed by atoms with E-state index in [9.17, 15) is 14.9 Å². The first kappa shape index (κ1) is 15.7. The average Bonchev–Trinajstić information content (AvgIpc) is 2.45. The highest BCUT2D eigenvalue weighted by Crippen LogP contribution is 2.28. The molecule has 0 aliphatic heterocycles. The predicted molar refractivity (Wildman–Crippen MR) is 84.1 cm³/mol. The van der Waals surface area contributed by atoms with Gasteiger partial charge in [0, 0.05) is 10.5 Å². The van der Waals surface area contributed by atoms with Crippen LogP contribution in [0.15, 0.2) is 51.4 Å². The van der Waals surface area contributed by atoms with Gasteiger partial charge in [0.25, 0.3) is 5.69 Å².